The van der Waals surface area contributed by atoms with Crippen LogP contribution in [0.1, 0.15) is 44.6 Å². The lowest BCUT2D eigenvalue weighted by Gasteiger charge is -2.36. The average molecular weight is 309 g/mol. The highest BCUT2D eigenvalue weighted by Crippen LogP contribution is 2.32. The van der Waals surface area contributed by atoms with Gasteiger partial charge < -0.3 is 10.6 Å². The summed E-state index contributed by atoms with van der Waals surface area (Å²) >= 11 is 6.25. The van der Waals surface area contributed by atoms with Gasteiger partial charge >= 0.3 is 0 Å². The lowest BCUT2D eigenvalue weighted by molar-refractivity contribution is 0.165. The van der Waals surface area contributed by atoms with Gasteiger partial charge in [0.1, 0.15) is 0 Å². The number of hydrogen-bond acceptors (Lipinski definition) is 2. The fourth-order valence-corrected chi connectivity index (χ4v) is 3.84. The zero-order valence-electron chi connectivity index (χ0n) is 13.4. The Balaban J connectivity index is 1.88. The smallest absolute Gasteiger partial charge is 0.0451 e. The molecular formula is C18H29ClN2. The summed E-state index contributed by atoms with van der Waals surface area (Å²) in [5.74, 6) is 1.51. The summed E-state index contributed by atoms with van der Waals surface area (Å²) in [5, 5.41) is 0.862. The summed E-state index contributed by atoms with van der Waals surface area (Å²) in [7, 11) is 2.18. The summed E-state index contributed by atoms with van der Waals surface area (Å²) in [5.41, 5.74) is 7.56. The van der Waals surface area contributed by atoms with Gasteiger partial charge in [-0.1, -0.05) is 49.6 Å². The average Bonchev–Trinajstić information content (AvgIpc) is 2.45. The largest absolute Gasteiger partial charge is 0.327 e. The van der Waals surface area contributed by atoms with Crippen molar-refractivity contribution in [3.63, 3.8) is 0 Å². The fourth-order valence-electron chi connectivity index (χ4n) is 3.65. The lowest BCUT2D eigenvalue weighted by atomic mass is 9.76. The predicted molar refractivity (Wildman–Crippen MR) is 91.5 cm³/mol. The van der Waals surface area contributed by atoms with Gasteiger partial charge in [-0.2, -0.15) is 0 Å². The Bertz CT molecular complexity index is 435. The number of rotatable bonds is 6. The Morgan fingerprint density at radius 2 is 2.05 bits per heavy atom. The maximum absolute atomic E-state index is 6.36. The summed E-state index contributed by atoms with van der Waals surface area (Å²) in [4.78, 5) is 2.38. The molecule has 3 heteroatoms. The summed E-state index contributed by atoms with van der Waals surface area (Å²) in [6, 6.07) is 8.48. The quantitative estimate of drug-likeness (QED) is 0.848. The van der Waals surface area contributed by atoms with Crippen molar-refractivity contribution < 1.29 is 0 Å². The lowest BCUT2D eigenvalue weighted by Crippen LogP contribution is -2.42. The molecule has 0 bridgehead atoms. The zero-order chi connectivity index (χ0) is 15.2. The summed E-state index contributed by atoms with van der Waals surface area (Å²) in [6.07, 6.45) is 6.45. The Labute approximate surface area is 134 Å². The molecule has 0 heterocycles. The van der Waals surface area contributed by atoms with E-state index in [1.165, 1.54) is 37.7 Å². The van der Waals surface area contributed by atoms with Crippen molar-refractivity contribution in [2.45, 2.75) is 51.6 Å². The second-order valence-electron chi connectivity index (χ2n) is 6.68. The molecule has 0 aliphatic heterocycles. The maximum Gasteiger partial charge on any atom is 0.0451 e. The van der Waals surface area contributed by atoms with E-state index in [1.807, 2.05) is 12.1 Å². The molecule has 1 saturated carbocycles. The van der Waals surface area contributed by atoms with E-state index in [0.717, 1.165) is 24.0 Å². The van der Waals surface area contributed by atoms with E-state index >= 15 is 0 Å². The van der Waals surface area contributed by atoms with E-state index < -0.39 is 0 Å². The number of nitrogens with zero attached hydrogens (tertiary/aromatic N) is 1. The van der Waals surface area contributed by atoms with E-state index in [-0.39, 0.29) is 0 Å². The van der Waals surface area contributed by atoms with Crippen LogP contribution in [-0.2, 0) is 6.54 Å². The van der Waals surface area contributed by atoms with Crippen molar-refractivity contribution in [1.29, 1.82) is 0 Å². The van der Waals surface area contributed by atoms with Crippen molar-refractivity contribution >= 4 is 11.6 Å². The minimum Gasteiger partial charge on any atom is -0.327 e. The summed E-state index contributed by atoms with van der Waals surface area (Å²) in [6.45, 7) is 4.26. The van der Waals surface area contributed by atoms with Crippen LogP contribution in [-0.4, -0.2) is 24.5 Å². The van der Waals surface area contributed by atoms with Gasteiger partial charge in [-0.25, -0.2) is 0 Å². The van der Waals surface area contributed by atoms with Crippen molar-refractivity contribution in [3.05, 3.63) is 34.9 Å². The standard InChI is InChI=1S/C18H29ClN2/c1-3-6-14-9-10-18(20)16(11-14)13-21(2)12-15-7-4-5-8-17(15)19/h4-5,7-8,14,16,18H,3,6,9-13,20H2,1-2H3. The third kappa shape index (κ3) is 4.98. The fraction of sp³-hybridized carbons (Fsp3) is 0.667. The molecule has 118 valence electrons. The van der Waals surface area contributed by atoms with E-state index in [4.69, 9.17) is 17.3 Å². The molecule has 1 aliphatic carbocycles. The molecule has 1 fully saturated rings. The SMILES string of the molecule is CCCC1CCC(N)C(CN(C)Cc2ccccc2Cl)C1. The first kappa shape index (κ1) is 16.8. The molecule has 1 aromatic rings. The Hall–Kier alpha value is -0.570. The van der Waals surface area contributed by atoms with Crippen LogP contribution in [0.15, 0.2) is 24.3 Å². The molecule has 2 N–H and O–H groups in total. The van der Waals surface area contributed by atoms with Gasteiger partial charge in [-0.3, -0.25) is 0 Å². The molecule has 3 atom stereocenters. The van der Waals surface area contributed by atoms with Crippen LogP contribution in [0.5, 0.6) is 0 Å². The van der Waals surface area contributed by atoms with Gasteiger partial charge in [0.2, 0.25) is 0 Å². The predicted octanol–water partition coefficient (Wildman–Crippen LogP) is 4.32. The normalized spacial score (nSPS) is 26.2. The first-order valence-corrected chi connectivity index (χ1v) is 8.65. The molecule has 0 radical (unpaired) electrons. The monoisotopic (exact) mass is 308 g/mol. The summed E-state index contributed by atoms with van der Waals surface area (Å²) < 4.78 is 0. The van der Waals surface area contributed by atoms with E-state index in [9.17, 15) is 0 Å². The van der Waals surface area contributed by atoms with Gasteiger partial charge in [-0.15, -0.1) is 0 Å². The van der Waals surface area contributed by atoms with E-state index in [0.29, 0.717) is 12.0 Å². The van der Waals surface area contributed by atoms with Crippen LogP contribution in [0.2, 0.25) is 5.02 Å². The maximum atomic E-state index is 6.36. The highest BCUT2D eigenvalue weighted by Gasteiger charge is 2.28. The van der Waals surface area contributed by atoms with Crippen LogP contribution in [0.4, 0.5) is 0 Å². The van der Waals surface area contributed by atoms with Crippen molar-refractivity contribution in [3.8, 4) is 0 Å². The second kappa shape index (κ2) is 8.17. The minimum atomic E-state index is 0.367. The number of benzene rings is 1. The van der Waals surface area contributed by atoms with Gasteiger partial charge in [0.25, 0.3) is 0 Å². The van der Waals surface area contributed by atoms with Crippen molar-refractivity contribution in [1.82, 2.24) is 4.90 Å². The molecule has 0 aromatic heterocycles. The van der Waals surface area contributed by atoms with Crippen LogP contribution in [0.25, 0.3) is 0 Å². The molecule has 0 amide bonds. The van der Waals surface area contributed by atoms with Gasteiger partial charge in [-0.05, 0) is 49.8 Å². The Kier molecular flexibility index (Phi) is 6.53. The van der Waals surface area contributed by atoms with Crippen molar-refractivity contribution in [2.24, 2.45) is 17.6 Å². The van der Waals surface area contributed by atoms with Crippen LogP contribution < -0.4 is 5.73 Å². The molecule has 3 unspecified atom stereocenters. The number of hydrogen-bond donors (Lipinski definition) is 1. The first-order chi connectivity index (χ1) is 10.1. The van der Waals surface area contributed by atoms with Crippen LogP contribution >= 0.6 is 11.6 Å². The second-order valence-corrected chi connectivity index (χ2v) is 7.09. The highest BCUT2D eigenvalue weighted by atomic mass is 35.5. The number of nitrogens with two attached hydrogens (primary N) is 1. The topological polar surface area (TPSA) is 29.3 Å². The molecule has 21 heavy (non-hydrogen) atoms. The van der Waals surface area contributed by atoms with Gasteiger partial charge in [0, 0.05) is 24.2 Å². The Morgan fingerprint density at radius 3 is 2.76 bits per heavy atom. The molecule has 1 aromatic carbocycles. The molecular weight excluding hydrogens is 280 g/mol. The van der Waals surface area contributed by atoms with E-state index in [2.05, 4.69) is 31.0 Å². The highest BCUT2D eigenvalue weighted by molar-refractivity contribution is 6.31. The third-order valence-corrected chi connectivity index (χ3v) is 5.16. The first-order valence-electron chi connectivity index (χ1n) is 8.27. The van der Waals surface area contributed by atoms with Gasteiger partial charge in [0.05, 0.1) is 0 Å². The molecule has 2 nitrogen and oxygen atoms in total. The molecule has 2 rings (SSSR count). The minimum absolute atomic E-state index is 0.367. The van der Waals surface area contributed by atoms with E-state index in [1.54, 1.807) is 0 Å². The zero-order valence-corrected chi connectivity index (χ0v) is 14.1. The Morgan fingerprint density at radius 1 is 1.29 bits per heavy atom. The number of halogens is 1. The van der Waals surface area contributed by atoms with Crippen LogP contribution in [0, 0.1) is 11.8 Å². The van der Waals surface area contributed by atoms with Gasteiger partial charge in [0.15, 0.2) is 0 Å². The molecule has 0 spiro atoms. The molecule has 1 aliphatic rings. The third-order valence-electron chi connectivity index (χ3n) is 4.79. The van der Waals surface area contributed by atoms with Crippen LogP contribution in [0.3, 0.4) is 0 Å². The van der Waals surface area contributed by atoms with Crippen molar-refractivity contribution in [2.75, 3.05) is 13.6 Å². The molecule has 0 saturated heterocycles.